The third kappa shape index (κ3) is 1.53. The summed E-state index contributed by atoms with van der Waals surface area (Å²) in [7, 11) is 0. The summed E-state index contributed by atoms with van der Waals surface area (Å²) in [5, 5.41) is 0. The second kappa shape index (κ2) is 3.56. The van der Waals surface area contributed by atoms with Crippen molar-refractivity contribution in [3.63, 3.8) is 0 Å². The predicted octanol–water partition coefficient (Wildman–Crippen LogP) is 1.45. The standard InChI is InChI=1S/C10H17NO/c12-8-9-3-2-6-11(7-9)10-4-1-5-10/h8-10H,1-7H2. The number of hydrogen-bond donors (Lipinski definition) is 0. The van der Waals surface area contributed by atoms with E-state index < -0.39 is 0 Å². The minimum Gasteiger partial charge on any atom is -0.303 e. The highest BCUT2D eigenvalue weighted by atomic mass is 16.1. The van der Waals surface area contributed by atoms with E-state index in [1.165, 1.54) is 32.2 Å². The van der Waals surface area contributed by atoms with Crippen molar-refractivity contribution in [3.05, 3.63) is 0 Å². The van der Waals surface area contributed by atoms with Crippen LogP contribution in [-0.2, 0) is 4.79 Å². The number of likely N-dealkylation sites (tertiary alicyclic amines) is 1. The number of piperidine rings is 1. The second-order valence-electron chi connectivity index (χ2n) is 4.12. The maximum atomic E-state index is 10.6. The van der Waals surface area contributed by atoms with Gasteiger partial charge in [0.05, 0.1) is 0 Å². The highest BCUT2D eigenvalue weighted by Gasteiger charge is 2.28. The van der Waals surface area contributed by atoms with E-state index in [9.17, 15) is 4.79 Å². The highest BCUT2D eigenvalue weighted by molar-refractivity contribution is 5.53. The average Bonchev–Trinajstić information content (AvgIpc) is 2.02. The molecule has 1 aliphatic carbocycles. The number of aldehydes is 1. The van der Waals surface area contributed by atoms with E-state index in [1.54, 1.807) is 0 Å². The molecule has 1 heterocycles. The Labute approximate surface area is 73.9 Å². The van der Waals surface area contributed by atoms with Gasteiger partial charge in [-0.05, 0) is 32.2 Å². The van der Waals surface area contributed by atoms with E-state index >= 15 is 0 Å². The van der Waals surface area contributed by atoms with Crippen molar-refractivity contribution in [2.75, 3.05) is 13.1 Å². The minimum absolute atomic E-state index is 0.333. The average molecular weight is 167 g/mol. The molecule has 1 saturated carbocycles. The zero-order valence-corrected chi connectivity index (χ0v) is 7.54. The molecule has 2 heteroatoms. The van der Waals surface area contributed by atoms with Crippen LogP contribution < -0.4 is 0 Å². The predicted molar refractivity (Wildman–Crippen MR) is 48.0 cm³/mol. The quantitative estimate of drug-likeness (QED) is 0.580. The fourth-order valence-electron chi connectivity index (χ4n) is 2.23. The molecule has 2 aliphatic rings. The molecule has 0 amide bonds. The largest absolute Gasteiger partial charge is 0.303 e. The summed E-state index contributed by atoms with van der Waals surface area (Å²) >= 11 is 0. The Kier molecular flexibility index (Phi) is 2.45. The molecule has 0 N–H and O–H groups in total. The van der Waals surface area contributed by atoms with Gasteiger partial charge in [0.2, 0.25) is 0 Å². The first-order valence-electron chi connectivity index (χ1n) is 5.09. The Bertz CT molecular complexity index is 165. The fraction of sp³-hybridized carbons (Fsp3) is 0.900. The van der Waals surface area contributed by atoms with Crippen LogP contribution in [0, 0.1) is 5.92 Å². The summed E-state index contributed by atoms with van der Waals surface area (Å²) in [4.78, 5) is 13.1. The Morgan fingerprint density at radius 2 is 2.00 bits per heavy atom. The first-order chi connectivity index (χ1) is 5.90. The number of nitrogens with zero attached hydrogens (tertiary/aromatic N) is 1. The van der Waals surface area contributed by atoms with Crippen molar-refractivity contribution in [1.29, 1.82) is 0 Å². The zero-order chi connectivity index (χ0) is 8.39. The van der Waals surface area contributed by atoms with E-state index in [4.69, 9.17) is 0 Å². The van der Waals surface area contributed by atoms with E-state index in [1.807, 2.05) is 0 Å². The smallest absolute Gasteiger partial charge is 0.124 e. The maximum Gasteiger partial charge on any atom is 0.124 e. The summed E-state index contributed by atoms with van der Waals surface area (Å²) < 4.78 is 0. The van der Waals surface area contributed by atoms with Gasteiger partial charge in [0.1, 0.15) is 6.29 Å². The molecule has 12 heavy (non-hydrogen) atoms. The lowest BCUT2D eigenvalue weighted by Gasteiger charge is -2.41. The van der Waals surface area contributed by atoms with Crippen LogP contribution in [0.2, 0.25) is 0 Å². The molecule has 0 bridgehead atoms. The highest BCUT2D eigenvalue weighted by Crippen LogP contribution is 2.28. The summed E-state index contributed by atoms with van der Waals surface area (Å²) in [6.45, 7) is 2.27. The Hall–Kier alpha value is -0.370. The molecule has 1 aliphatic heterocycles. The molecule has 0 aromatic heterocycles. The molecule has 0 radical (unpaired) electrons. The van der Waals surface area contributed by atoms with Crippen LogP contribution in [0.1, 0.15) is 32.1 Å². The molecule has 1 unspecified atom stereocenters. The van der Waals surface area contributed by atoms with Crippen LogP contribution in [0.25, 0.3) is 0 Å². The summed E-state index contributed by atoms with van der Waals surface area (Å²) in [5.74, 6) is 0.333. The maximum absolute atomic E-state index is 10.6. The van der Waals surface area contributed by atoms with Gasteiger partial charge in [0.15, 0.2) is 0 Å². The first-order valence-corrected chi connectivity index (χ1v) is 5.09. The molecule has 2 fully saturated rings. The lowest BCUT2D eigenvalue weighted by molar-refractivity contribution is -0.113. The van der Waals surface area contributed by atoms with Gasteiger partial charge in [-0.25, -0.2) is 0 Å². The van der Waals surface area contributed by atoms with Gasteiger partial charge in [-0.15, -0.1) is 0 Å². The second-order valence-corrected chi connectivity index (χ2v) is 4.12. The first kappa shape index (κ1) is 8.24. The topological polar surface area (TPSA) is 20.3 Å². The number of carbonyl (C=O) groups excluding carboxylic acids is 1. The van der Waals surface area contributed by atoms with Gasteiger partial charge in [-0.1, -0.05) is 6.42 Å². The summed E-state index contributed by atoms with van der Waals surface area (Å²) in [6.07, 6.45) is 7.61. The van der Waals surface area contributed by atoms with E-state index in [0.29, 0.717) is 5.92 Å². The fourth-order valence-corrected chi connectivity index (χ4v) is 2.23. The Morgan fingerprint density at radius 3 is 2.58 bits per heavy atom. The third-order valence-corrected chi connectivity index (χ3v) is 3.27. The molecule has 1 atom stereocenters. The van der Waals surface area contributed by atoms with Gasteiger partial charge < -0.3 is 4.79 Å². The van der Waals surface area contributed by atoms with Crippen molar-refractivity contribution in [1.82, 2.24) is 4.90 Å². The van der Waals surface area contributed by atoms with Crippen molar-refractivity contribution >= 4 is 6.29 Å². The molecule has 0 aromatic carbocycles. The SMILES string of the molecule is O=CC1CCCN(C2CCC2)C1. The van der Waals surface area contributed by atoms with Gasteiger partial charge in [0.25, 0.3) is 0 Å². The minimum atomic E-state index is 0.333. The van der Waals surface area contributed by atoms with Crippen LogP contribution in [0.4, 0.5) is 0 Å². The van der Waals surface area contributed by atoms with Gasteiger partial charge in [-0.3, -0.25) is 4.90 Å². The van der Waals surface area contributed by atoms with Gasteiger partial charge in [-0.2, -0.15) is 0 Å². The Balaban J connectivity index is 1.84. The Morgan fingerprint density at radius 1 is 1.17 bits per heavy atom. The zero-order valence-electron chi connectivity index (χ0n) is 7.54. The summed E-state index contributed by atoms with van der Waals surface area (Å²) in [6, 6.07) is 0.827. The monoisotopic (exact) mass is 167 g/mol. The molecule has 0 aromatic rings. The molecule has 1 saturated heterocycles. The van der Waals surface area contributed by atoms with Crippen molar-refractivity contribution < 1.29 is 4.79 Å². The molecule has 2 rings (SSSR count). The molecule has 2 nitrogen and oxygen atoms in total. The number of hydrogen-bond acceptors (Lipinski definition) is 2. The van der Waals surface area contributed by atoms with Crippen LogP contribution in [-0.4, -0.2) is 30.3 Å². The lowest BCUT2D eigenvalue weighted by atomic mass is 9.88. The molecular weight excluding hydrogens is 150 g/mol. The van der Waals surface area contributed by atoms with Crippen molar-refractivity contribution in [2.24, 2.45) is 5.92 Å². The number of rotatable bonds is 2. The van der Waals surface area contributed by atoms with E-state index in [-0.39, 0.29) is 0 Å². The number of carbonyl (C=O) groups is 1. The van der Waals surface area contributed by atoms with Gasteiger partial charge >= 0.3 is 0 Å². The van der Waals surface area contributed by atoms with Crippen LogP contribution in [0.3, 0.4) is 0 Å². The van der Waals surface area contributed by atoms with Crippen LogP contribution in [0.15, 0.2) is 0 Å². The lowest BCUT2D eigenvalue weighted by Crippen LogP contribution is -2.46. The third-order valence-electron chi connectivity index (χ3n) is 3.27. The van der Waals surface area contributed by atoms with Crippen molar-refractivity contribution in [2.45, 2.75) is 38.1 Å². The molecular formula is C10H17NO. The summed E-state index contributed by atoms with van der Waals surface area (Å²) in [5.41, 5.74) is 0. The van der Waals surface area contributed by atoms with Crippen LogP contribution >= 0.6 is 0 Å². The van der Waals surface area contributed by atoms with E-state index in [2.05, 4.69) is 4.90 Å². The van der Waals surface area contributed by atoms with Crippen LogP contribution in [0.5, 0.6) is 0 Å². The van der Waals surface area contributed by atoms with E-state index in [0.717, 1.165) is 25.3 Å². The molecule has 0 spiro atoms. The molecule has 68 valence electrons. The van der Waals surface area contributed by atoms with Gasteiger partial charge in [0, 0.05) is 18.5 Å². The van der Waals surface area contributed by atoms with Crippen molar-refractivity contribution in [3.8, 4) is 0 Å². The normalized spacial score (nSPS) is 32.8.